The number of aliphatic carboxylic acids is 1. The number of carboxylic acid groups (broad SMARTS) is 1. The van der Waals surface area contributed by atoms with Crippen molar-refractivity contribution >= 4 is 22.6 Å². The fraction of sp³-hybridized carbons (Fsp3) is 0.444. The number of nitrogens with zero attached hydrogens (tertiary/aromatic N) is 2. The molecule has 1 heterocycles. The van der Waals surface area contributed by atoms with Crippen LogP contribution in [0.2, 0.25) is 0 Å². The molecule has 2 aromatic rings. The van der Waals surface area contributed by atoms with Crippen LogP contribution in [0.15, 0.2) is 35.3 Å². The van der Waals surface area contributed by atoms with Gasteiger partial charge in [0.05, 0.1) is 23.0 Å². The van der Waals surface area contributed by atoms with Gasteiger partial charge in [0.15, 0.2) is 0 Å². The maximum Gasteiger partial charge on any atom is 0.308 e. The van der Waals surface area contributed by atoms with Crippen molar-refractivity contribution in [3.05, 3.63) is 40.8 Å². The van der Waals surface area contributed by atoms with Gasteiger partial charge in [-0.2, -0.15) is 5.10 Å². The van der Waals surface area contributed by atoms with E-state index in [4.69, 9.17) is 0 Å². The van der Waals surface area contributed by atoms with E-state index in [0.717, 1.165) is 17.5 Å². The number of fused-ring (bicyclic) bond motifs is 1. The van der Waals surface area contributed by atoms with E-state index >= 15 is 0 Å². The fourth-order valence-electron chi connectivity index (χ4n) is 3.61. The first-order valence-corrected chi connectivity index (χ1v) is 8.39. The van der Waals surface area contributed by atoms with Crippen LogP contribution in [-0.2, 0) is 16.1 Å². The molecule has 0 radical (unpaired) electrons. The van der Waals surface area contributed by atoms with E-state index in [0.29, 0.717) is 23.6 Å². The summed E-state index contributed by atoms with van der Waals surface area (Å²) in [5.41, 5.74) is -1.14. The molecule has 1 saturated carbocycles. The van der Waals surface area contributed by atoms with Crippen molar-refractivity contribution in [1.82, 2.24) is 15.1 Å². The van der Waals surface area contributed by atoms with E-state index in [1.165, 1.54) is 0 Å². The minimum atomic E-state index is -0.900. The molecule has 1 aromatic heterocycles. The summed E-state index contributed by atoms with van der Waals surface area (Å²) in [5, 5.41) is 17.5. The molecule has 1 amide bonds. The van der Waals surface area contributed by atoms with Gasteiger partial charge in [0.25, 0.3) is 5.56 Å². The third-order valence-corrected chi connectivity index (χ3v) is 4.99. The van der Waals surface area contributed by atoms with Crippen LogP contribution in [0.1, 0.15) is 32.6 Å². The molecule has 1 aliphatic carbocycles. The van der Waals surface area contributed by atoms with Gasteiger partial charge in [0.2, 0.25) is 5.91 Å². The zero-order valence-corrected chi connectivity index (χ0v) is 14.1. The molecule has 1 fully saturated rings. The summed E-state index contributed by atoms with van der Waals surface area (Å²) in [5.74, 6) is -1.92. The lowest BCUT2D eigenvalue weighted by molar-refractivity contribution is -0.146. The third kappa shape index (κ3) is 3.40. The highest BCUT2D eigenvalue weighted by molar-refractivity contribution is 5.82. The Morgan fingerprint density at radius 2 is 2.12 bits per heavy atom. The minimum Gasteiger partial charge on any atom is -0.481 e. The lowest BCUT2D eigenvalue weighted by Crippen LogP contribution is -2.56. The minimum absolute atomic E-state index is 0.231. The van der Waals surface area contributed by atoms with Crippen molar-refractivity contribution in [2.75, 3.05) is 0 Å². The highest BCUT2D eigenvalue weighted by Gasteiger charge is 2.42. The van der Waals surface area contributed by atoms with Crippen molar-refractivity contribution in [3.63, 3.8) is 0 Å². The summed E-state index contributed by atoms with van der Waals surface area (Å²) in [4.78, 5) is 36.4. The van der Waals surface area contributed by atoms with E-state index in [1.54, 1.807) is 31.3 Å². The molecule has 7 heteroatoms. The van der Waals surface area contributed by atoms with Gasteiger partial charge >= 0.3 is 5.97 Å². The lowest BCUT2D eigenvalue weighted by Gasteiger charge is -2.39. The molecule has 132 valence electrons. The van der Waals surface area contributed by atoms with E-state index in [1.807, 2.05) is 6.07 Å². The summed E-state index contributed by atoms with van der Waals surface area (Å²) in [6, 6.07) is 7.05. The Hall–Kier alpha value is -2.70. The fourth-order valence-corrected chi connectivity index (χ4v) is 3.61. The van der Waals surface area contributed by atoms with Crippen LogP contribution in [0.25, 0.3) is 10.8 Å². The standard InChI is InChI=1S/C18H21N3O4/c1-18(9-5-4-8-14(18)17(24)25)20-15(22)11-21-16(23)13-7-3-2-6-12(13)10-19-21/h2-3,6-7,10,14H,4-5,8-9,11H2,1H3,(H,20,22)(H,24,25)/t14-,18-/m1/s1. The lowest BCUT2D eigenvalue weighted by atomic mass is 9.74. The van der Waals surface area contributed by atoms with Gasteiger partial charge in [-0.15, -0.1) is 0 Å². The Morgan fingerprint density at radius 3 is 2.88 bits per heavy atom. The van der Waals surface area contributed by atoms with Gasteiger partial charge in [-0.3, -0.25) is 14.4 Å². The van der Waals surface area contributed by atoms with Crippen LogP contribution in [0, 0.1) is 5.92 Å². The van der Waals surface area contributed by atoms with Gasteiger partial charge in [-0.1, -0.05) is 31.0 Å². The summed E-state index contributed by atoms with van der Waals surface area (Å²) in [6.45, 7) is 1.53. The maximum atomic E-state index is 12.4. The second-order valence-corrected chi connectivity index (χ2v) is 6.80. The molecule has 1 aromatic carbocycles. The SMILES string of the molecule is C[C@@]1(NC(=O)Cn2ncc3ccccc3c2=O)CCCC[C@@H]1C(=O)O. The zero-order valence-electron chi connectivity index (χ0n) is 14.1. The van der Waals surface area contributed by atoms with Crippen LogP contribution in [-0.4, -0.2) is 32.3 Å². The van der Waals surface area contributed by atoms with Crippen LogP contribution in [0.5, 0.6) is 0 Å². The van der Waals surface area contributed by atoms with Crippen molar-refractivity contribution < 1.29 is 14.7 Å². The molecule has 0 unspecified atom stereocenters. The molecule has 25 heavy (non-hydrogen) atoms. The van der Waals surface area contributed by atoms with Crippen molar-refractivity contribution in [2.24, 2.45) is 5.92 Å². The first-order valence-electron chi connectivity index (χ1n) is 8.39. The molecular formula is C18H21N3O4. The second-order valence-electron chi connectivity index (χ2n) is 6.80. The van der Waals surface area contributed by atoms with Crippen LogP contribution in [0.3, 0.4) is 0 Å². The number of aromatic nitrogens is 2. The first-order chi connectivity index (χ1) is 11.9. The normalized spacial score (nSPS) is 23.3. The number of carbonyl (C=O) groups excluding carboxylic acids is 1. The average molecular weight is 343 g/mol. The number of nitrogens with one attached hydrogen (secondary N) is 1. The largest absolute Gasteiger partial charge is 0.481 e. The topological polar surface area (TPSA) is 101 Å². The van der Waals surface area contributed by atoms with Crippen molar-refractivity contribution in [2.45, 2.75) is 44.7 Å². The summed E-state index contributed by atoms with van der Waals surface area (Å²) in [6.07, 6.45) is 4.41. The van der Waals surface area contributed by atoms with Crippen LogP contribution >= 0.6 is 0 Å². The Kier molecular flexibility index (Phi) is 4.57. The monoisotopic (exact) mass is 343 g/mol. The van der Waals surface area contributed by atoms with Gasteiger partial charge in [0, 0.05) is 5.39 Å². The molecule has 3 rings (SSSR count). The Labute approximate surface area is 144 Å². The van der Waals surface area contributed by atoms with Crippen molar-refractivity contribution in [3.8, 4) is 0 Å². The number of hydrogen-bond acceptors (Lipinski definition) is 4. The molecule has 0 spiro atoms. The molecule has 2 atom stereocenters. The Balaban J connectivity index is 1.79. The average Bonchev–Trinajstić information content (AvgIpc) is 2.57. The predicted octanol–water partition coefficient (Wildman–Crippen LogP) is 1.55. The number of rotatable bonds is 4. The van der Waals surface area contributed by atoms with E-state index in [-0.39, 0.29) is 12.1 Å². The molecule has 0 aliphatic heterocycles. The summed E-state index contributed by atoms with van der Waals surface area (Å²) < 4.78 is 1.11. The molecule has 1 aliphatic rings. The third-order valence-electron chi connectivity index (χ3n) is 4.99. The van der Waals surface area contributed by atoms with Gasteiger partial charge in [-0.05, 0) is 25.8 Å². The van der Waals surface area contributed by atoms with Crippen LogP contribution < -0.4 is 10.9 Å². The molecule has 0 saturated heterocycles. The van der Waals surface area contributed by atoms with Crippen molar-refractivity contribution in [1.29, 1.82) is 0 Å². The van der Waals surface area contributed by atoms with Crippen LogP contribution in [0.4, 0.5) is 0 Å². The van der Waals surface area contributed by atoms with E-state index in [9.17, 15) is 19.5 Å². The van der Waals surface area contributed by atoms with Gasteiger partial charge in [0.1, 0.15) is 6.54 Å². The van der Waals surface area contributed by atoms with E-state index < -0.39 is 23.3 Å². The van der Waals surface area contributed by atoms with Gasteiger partial charge < -0.3 is 10.4 Å². The first kappa shape index (κ1) is 17.1. The number of carbonyl (C=O) groups is 2. The predicted molar refractivity (Wildman–Crippen MR) is 92.1 cm³/mol. The number of hydrogen-bond donors (Lipinski definition) is 2. The zero-order chi connectivity index (χ0) is 18.0. The highest BCUT2D eigenvalue weighted by atomic mass is 16.4. The van der Waals surface area contributed by atoms with Gasteiger partial charge in [-0.25, -0.2) is 4.68 Å². The Bertz CT molecular complexity index is 876. The summed E-state index contributed by atoms with van der Waals surface area (Å²) >= 11 is 0. The smallest absolute Gasteiger partial charge is 0.308 e. The summed E-state index contributed by atoms with van der Waals surface area (Å²) in [7, 11) is 0. The highest BCUT2D eigenvalue weighted by Crippen LogP contribution is 2.33. The second kappa shape index (κ2) is 6.66. The number of amides is 1. The Morgan fingerprint density at radius 1 is 1.36 bits per heavy atom. The molecule has 0 bridgehead atoms. The quantitative estimate of drug-likeness (QED) is 0.877. The molecule has 7 nitrogen and oxygen atoms in total. The molecular weight excluding hydrogens is 322 g/mol. The molecule has 2 N–H and O–H groups in total. The number of carboxylic acids is 1. The maximum absolute atomic E-state index is 12.4. The number of benzene rings is 1. The van der Waals surface area contributed by atoms with E-state index in [2.05, 4.69) is 10.4 Å².